The molecule has 0 atom stereocenters. The summed E-state index contributed by atoms with van der Waals surface area (Å²) in [5.74, 6) is -1.16. The fourth-order valence-electron chi connectivity index (χ4n) is 2.23. The summed E-state index contributed by atoms with van der Waals surface area (Å²) in [6.07, 6.45) is 3.60. The van der Waals surface area contributed by atoms with E-state index in [0.717, 1.165) is 19.3 Å². The first kappa shape index (κ1) is 21.4. The van der Waals surface area contributed by atoms with Crippen LogP contribution in [-0.2, 0) is 14.8 Å². The van der Waals surface area contributed by atoms with Crippen molar-refractivity contribution in [3.8, 4) is 0 Å². The van der Waals surface area contributed by atoms with E-state index in [1.54, 1.807) is 0 Å². The molecule has 3 N–H and O–H groups in total. The Morgan fingerprint density at radius 3 is 2.56 bits per heavy atom. The van der Waals surface area contributed by atoms with Crippen molar-refractivity contribution in [2.45, 2.75) is 44.4 Å². The van der Waals surface area contributed by atoms with Gasteiger partial charge in [-0.3, -0.25) is 0 Å². The summed E-state index contributed by atoms with van der Waals surface area (Å²) in [7, 11) is -3.75. The van der Waals surface area contributed by atoms with E-state index >= 15 is 0 Å². The van der Waals surface area contributed by atoms with E-state index in [1.807, 2.05) is 6.92 Å². The Balaban J connectivity index is 2.79. The minimum absolute atomic E-state index is 0.0475. The van der Waals surface area contributed by atoms with Gasteiger partial charge in [-0.25, -0.2) is 17.9 Å². The lowest BCUT2D eigenvalue weighted by Crippen LogP contribution is -2.26. The van der Waals surface area contributed by atoms with Crippen molar-refractivity contribution < 1.29 is 23.1 Å². The number of anilines is 1. The van der Waals surface area contributed by atoms with Crippen LogP contribution in [0.25, 0.3) is 0 Å². The maximum absolute atomic E-state index is 12.3. The second-order valence-corrected chi connectivity index (χ2v) is 7.36. The van der Waals surface area contributed by atoms with E-state index in [9.17, 15) is 18.3 Å². The molecule has 25 heavy (non-hydrogen) atoms. The van der Waals surface area contributed by atoms with Gasteiger partial charge in [-0.05, 0) is 38.0 Å². The van der Waals surface area contributed by atoms with Crippen LogP contribution in [0.1, 0.15) is 49.9 Å². The van der Waals surface area contributed by atoms with Crippen molar-refractivity contribution in [2.24, 2.45) is 0 Å². The fourth-order valence-corrected chi connectivity index (χ4v) is 3.33. The highest BCUT2D eigenvalue weighted by atomic mass is 32.2. The van der Waals surface area contributed by atoms with E-state index in [4.69, 9.17) is 4.74 Å². The molecule has 0 amide bonds. The number of aromatic carboxylic acids is 1. The van der Waals surface area contributed by atoms with Crippen molar-refractivity contribution in [3.05, 3.63) is 23.8 Å². The van der Waals surface area contributed by atoms with E-state index in [-0.39, 0.29) is 17.0 Å². The molecule has 0 saturated carbocycles. The summed E-state index contributed by atoms with van der Waals surface area (Å²) in [6.45, 7) is 5.90. The lowest BCUT2D eigenvalue weighted by Gasteiger charge is -2.12. The average molecular weight is 372 g/mol. The summed E-state index contributed by atoms with van der Waals surface area (Å²) >= 11 is 0. The number of hydrogen-bond donors (Lipinski definition) is 3. The minimum Gasteiger partial charge on any atom is -0.478 e. The van der Waals surface area contributed by atoms with Crippen LogP contribution in [0, 0.1) is 0 Å². The van der Waals surface area contributed by atoms with Gasteiger partial charge in [0.05, 0.1) is 10.5 Å². The smallest absolute Gasteiger partial charge is 0.337 e. The number of unbranched alkanes of at least 4 members (excludes halogenated alkanes) is 2. The third-order valence-corrected chi connectivity index (χ3v) is 5.05. The van der Waals surface area contributed by atoms with Crippen molar-refractivity contribution in [1.82, 2.24) is 4.72 Å². The highest BCUT2D eigenvalue weighted by molar-refractivity contribution is 7.89. The zero-order valence-electron chi connectivity index (χ0n) is 14.9. The van der Waals surface area contributed by atoms with Crippen LogP contribution in [0.3, 0.4) is 0 Å². The second kappa shape index (κ2) is 11.1. The number of carbonyl (C=O) groups is 1. The molecule has 0 bridgehead atoms. The van der Waals surface area contributed by atoms with Crippen LogP contribution in [0.2, 0.25) is 0 Å². The van der Waals surface area contributed by atoms with Crippen molar-refractivity contribution >= 4 is 21.7 Å². The SMILES string of the molecule is CCCCCNc1ccc(S(=O)(=O)NCCCOCC)cc1C(=O)O. The van der Waals surface area contributed by atoms with Gasteiger partial charge in [-0.2, -0.15) is 0 Å². The van der Waals surface area contributed by atoms with Crippen molar-refractivity contribution in [2.75, 3.05) is 31.6 Å². The Labute approximate surface area is 149 Å². The Kier molecular flexibility index (Phi) is 9.48. The van der Waals surface area contributed by atoms with Crippen LogP contribution in [0.15, 0.2) is 23.1 Å². The molecule has 1 aromatic rings. The third kappa shape index (κ3) is 7.41. The molecule has 1 rings (SSSR count). The molecular formula is C17H28N2O5S. The second-order valence-electron chi connectivity index (χ2n) is 5.59. The van der Waals surface area contributed by atoms with Gasteiger partial charge in [-0.1, -0.05) is 19.8 Å². The molecule has 0 radical (unpaired) electrons. The zero-order valence-corrected chi connectivity index (χ0v) is 15.7. The molecule has 8 heteroatoms. The maximum atomic E-state index is 12.3. The molecule has 7 nitrogen and oxygen atoms in total. The summed E-state index contributed by atoms with van der Waals surface area (Å²) < 4.78 is 32.2. The molecule has 0 spiro atoms. The van der Waals surface area contributed by atoms with E-state index in [2.05, 4.69) is 17.0 Å². The first-order valence-corrected chi connectivity index (χ1v) is 10.1. The molecule has 1 aromatic carbocycles. The van der Waals surface area contributed by atoms with Crippen LogP contribution in [0.4, 0.5) is 5.69 Å². The zero-order chi connectivity index (χ0) is 18.7. The van der Waals surface area contributed by atoms with Gasteiger partial charge in [0.1, 0.15) is 0 Å². The number of nitrogens with one attached hydrogen (secondary N) is 2. The van der Waals surface area contributed by atoms with Gasteiger partial charge in [0.2, 0.25) is 10.0 Å². The lowest BCUT2D eigenvalue weighted by molar-refractivity contribution is 0.0697. The number of hydrogen-bond acceptors (Lipinski definition) is 5. The number of sulfonamides is 1. The summed E-state index contributed by atoms with van der Waals surface area (Å²) in [5.41, 5.74) is 0.382. The first-order valence-electron chi connectivity index (χ1n) is 8.61. The van der Waals surface area contributed by atoms with Crippen LogP contribution < -0.4 is 10.0 Å². The number of benzene rings is 1. The third-order valence-electron chi connectivity index (χ3n) is 3.59. The molecule has 0 aliphatic carbocycles. The molecule has 0 aliphatic rings. The van der Waals surface area contributed by atoms with Gasteiger partial charge in [0.25, 0.3) is 0 Å². The van der Waals surface area contributed by atoms with Gasteiger partial charge in [0.15, 0.2) is 0 Å². The van der Waals surface area contributed by atoms with Crippen LogP contribution in [-0.4, -0.2) is 45.8 Å². The molecule has 0 aliphatic heterocycles. The van der Waals surface area contributed by atoms with Crippen molar-refractivity contribution in [3.63, 3.8) is 0 Å². The van der Waals surface area contributed by atoms with Gasteiger partial charge >= 0.3 is 5.97 Å². The van der Waals surface area contributed by atoms with Crippen LogP contribution >= 0.6 is 0 Å². The largest absolute Gasteiger partial charge is 0.478 e. The average Bonchev–Trinajstić information content (AvgIpc) is 2.58. The maximum Gasteiger partial charge on any atom is 0.337 e. The standard InChI is InChI=1S/C17H28N2O5S/c1-3-5-6-10-18-16-9-8-14(13-15(16)17(20)21)25(22,23)19-11-7-12-24-4-2/h8-9,13,18-19H,3-7,10-12H2,1-2H3,(H,20,21). The molecule has 0 unspecified atom stereocenters. The number of carboxylic acid groups (broad SMARTS) is 1. The topological polar surface area (TPSA) is 105 Å². The molecule has 142 valence electrons. The number of carboxylic acids is 1. The Morgan fingerprint density at radius 1 is 1.16 bits per heavy atom. The minimum atomic E-state index is -3.75. The molecule has 0 saturated heterocycles. The highest BCUT2D eigenvalue weighted by Gasteiger charge is 2.18. The predicted octanol–water partition coefficient (Wildman–Crippen LogP) is 2.69. The van der Waals surface area contributed by atoms with E-state index < -0.39 is 16.0 Å². The molecule has 0 heterocycles. The normalized spacial score (nSPS) is 11.4. The quantitative estimate of drug-likeness (QED) is 0.460. The van der Waals surface area contributed by atoms with E-state index in [1.165, 1.54) is 18.2 Å². The monoisotopic (exact) mass is 372 g/mol. The number of ether oxygens (including phenoxy) is 1. The lowest BCUT2D eigenvalue weighted by atomic mass is 10.1. The van der Waals surface area contributed by atoms with Gasteiger partial charge in [0, 0.05) is 32.0 Å². The summed E-state index contributed by atoms with van der Waals surface area (Å²) in [4.78, 5) is 11.4. The van der Waals surface area contributed by atoms with Gasteiger partial charge < -0.3 is 15.2 Å². The molecular weight excluding hydrogens is 344 g/mol. The first-order chi connectivity index (χ1) is 11.9. The molecule has 0 fully saturated rings. The van der Waals surface area contributed by atoms with Crippen LogP contribution in [0.5, 0.6) is 0 Å². The summed E-state index contributed by atoms with van der Waals surface area (Å²) in [5, 5.41) is 12.4. The van der Waals surface area contributed by atoms with Gasteiger partial charge in [-0.15, -0.1) is 0 Å². The highest BCUT2D eigenvalue weighted by Crippen LogP contribution is 2.21. The predicted molar refractivity (Wildman–Crippen MR) is 97.7 cm³/mol. The Hall–Kier alpha value is -1.64. The number of rotatable bonds is 13. The summed E-state index contributed by atoms with van der Waals surface area (Å²) in [6, 6.07) is 4.11. The Morgan fingerprint density at radius 2 is 1.92 bits per heavy atom. The van der Waals surface area contributed by atoms with Crippen molar-refractivity contribution in [1.29, 1.82) is 0 Å². The fraction of sp³-hybridized carbons (Fsp3) is 0.588. The Bertz CT molecular complexity index is 646. The van der Waals surface area contributed by atoms with E-state index in [0.29, 0.717) is 31.9 Å². The molecule has 0 aromatic heterocycles.